The number of nitrogens with one attached hydrogen (secondary N) is 2. The van der Waals surface area contributed by atoms with Crippen molar-refractivity contribution in [2.45, 2.75) is 26.8 Å². The van der Waals surface area contributed by atoms with E-state index in [0.29, 0.717) is 11.7 Å². The first-order chi connectivity index (χ1) is 12.5. The molecule has 0 radical (unpaired) electrons. The van der Waals surface area contributed by atoms with Gasteiger partial charge in [0.2, 0.25) is 0 Å². The van der Waals surface area contributed by atoms with Crippen LogP contribution in [0.15, 0.2) is 54.6 Å². The van der Waals surface area contributed by atoms with Crippen LogP contribution in [0.4, 0.5) is 11.5 Å². The number of rotatable bonds is 5. The second kappa shape index (κ2) is 8.34. The lowest BCUT2D eigenvalue weighted by Crippen LogP contribution is -2.19. The summed E-state index contributed by atoms with van der Waals surface area (Å²) < 4.78 is 1.93. The summed E-state index contributed by atoms with van der Waals surface area (Å²) in [4.78, 5) is 0. The Morgan fingerprint density at radius 3 is 2.35 bits per heavy atom. The van der Waals surface area contributed by atoms with E-state index in [-0.39, 0.29) is 0 Å². The van der Waals surface area contributed by atoms with Gasteiger partial charge in [-0.25, -0.2) is 0 Å². The second-order valence-corrected chi connectivity index (χ2v) is 6.93. The van der Waals surface area contributed by atoms with Crippen LogP contribution in [0.2, 0.25) is 5.02 Å². The van der Waals surface area contributed by atoms with Crippen LogP contribution in [0.25, 0.3) is 0 Å². The summed E-state index contributed by atoms with van der Waals surface area (Å²) in [6.07, 6.45) is 1.02. The van der Waals surface area contributed by atoms with E-state index in [0.717, 1.165) is 34.2 Å². The van der Waals surface area contributed by atoms with Crippen molar-refractivity contribution in [2.75, 3.05) is 10.6 Å². The van der Waals surface area contributed by atoms with Gasteiger partial charge in [-0.15, -0.1) is 0 Å². The predicted octanol–water partition coefficient (Wildman–Crippen LogP) is 5.26. The lowest BCUT2D eigenvalue weighted by Gasteiger charge is -2.09. The van der Waals surface area contributed by atoms with Crippen molar-refractivity contribution in [1.82, 2.24) is 9.78 Å². The van der Waals surface area contributed by atoms with Gasteiger partial charge in [0.1, 0.15) is 0 Å². The number of halogens is 1. The average molecular weight is 385 g/mol. The zero-order valence-electron chi connectivity index (χ0n) is 14.8. The van der Waals surface area contributed by atoms with Crippen molar-refractivity contribution in [3.8, 4) is 0 Å². The highest BCUT2D eigenvalue weighted by atomic mass is 35.5. The van der Waals surface area contributed by atoms with Crippen LogP contribution in [-0.4, -0.2) is 14.9 Å². The molecule has 0 amide bonds. The maximum atomic E-state index is 5.94. The Morgan fingerprint density at radius 1 is 1.04 bits per heavy atom. The van der Waals surface area contributed by atoms with Crippen molar-refractivity contribution in [3.63, 3.8) is 0 Å². The van der Waals surface area contributed by atoms with Crippen LogP contribution >= 0.6 is 23.8 Å². The number of aromatic nitrogens is 2. The minimum absolute atomic E-state index is 0.519. The highest BCUT2D eigenvalue weighted by Crippen LogP contribution is 2.15. The molecule has 0 atom stereocenters. The largest absolute Gasteiger partial charge is 0.332 e. The van der Waals surface area contributed by atoms with Crippen molar-refractivity contribution in [1.29, 1.82) is 0 Å². The maximum absolute atomic E-state index is 5.94. The number of nitrogens with zero attached hydrogens (tertiary/aromatic N) is 2. The van der Waals surface area contributed by atoms with E-state index in [2.05, 4.69) is 34.8 Å². The molecule has 3 aromatic rings. The molecule has 0 aliphatic carbocycles. The fraction of sp³-hybridized carbons (Fsp3) is 0.200. The summed E-state index contributed by atoms with van der Waals surface area (Å²) in [5.41, 5.74) is 4.45. The molecule has 0 bridgehead atoms. The van der Waals surface area contributed by atoms with Crippen molar-refractivity contribution >= 4 is 40.4 Å². The van der Waals surface area contributed by atoms with E-state index in [1.54, 1.807) is 0 Å². The molecule has 2 N–H and O–H groups in total. The Balaban J connectivity index is 1.62. The number of hydrogen-bond acceptors (Lipinski definition) is 2. The minimum Gasteiger partial charge on any atom is -0.332 e. The van der Waals surface area contributed by atoms with E-state index in [1.165, 1.54) is 5.56 Å². The summed E-state index contributed by atoms with van der Waals surface area (Å²) in [5.74, 6) is 0.721. The first-order valence-electron chi connectivity index (χ1n) is 8.49. The summed E-state index contributed by atoms with van der Waals surface area (Å²) in [7, 11) is 0. The lowest BCUT2D eigenvalue weighted by molar-refractivity contribution is 0.668. The van der Waals surface area contributed by atoms with Gasteiger partial charge >= 0.3 is 0 Å². The summed E-state index contributed by atoms with van der Waals surface area (Å²) in [5, 5.41) is 12.2. The SMILES string of the molecule is CCc1ccc(NC(=S)Nc2cc(C)n(Cc3ccc(Cl)cc3)n2)cc1. The van der Waals surface area contributed by atoms with Crippen LogP contribution in [0, 0.1) is 6.92 Å². The van der Waals surface area contributed by atoms with E-state index in [4.69, 9.17) is 23.8 Å². The number of benzene rings is 2. The van der Waals surface area contributed by atoms with Crippen LogP contribution in [0.5, 0.6) is 0 Å². The van der Waals surface area contributed by atoms with Gasteiger partial charge in [-0.2, -0.15) is 5.10 Å². The smallest absolute Gasteiger partial charge is 0.176 e. The molecule has 0 spiro atoms. The molecule has 1 aromatic heterocycles. The van der Waals surface area contributed by atoms with Gasteiger partial charge < -0.3 is 10.6 Å². The second-order valence-electron chi connectivity index (χ2n) is 6.08. The molecular formula is C20H21ClN4S. The Labute approximate surface area is 164 Å². The van der Waals surface area contributed by atoms with E-state index >= 15 is 0 Å². The molecule has 1 heterocycles. The molecular weight excluding hydrogens is 364 g/mol. The molecule has 0 unspecified atom stereocenters. The zero-order chi connectivity index (χ0) is 18.5. The van der Waals surface area contributed by atoms with Crippen LogP contribution < -0.4 is 10.6 Å². The van der Waals surface area contributed by atoms with Gasteiger partial charge in [0.15, 0.2) is 10.9 Å². The van der Waals surface area contributed by atoms with Crippen LogP contribution in [-0.2, 0) is 13.0 Å². The van der Waals surface area contributed by atoms with Gasteiger partial charge in [0.05, 0.1) is 6.54 Å². The molecule has 6 heteroatoms. The lowest BCUT2D eigenvalue weighted by atomic mass is 10.1. The third-order valence-corrected chi connectivity index (χ3v) is 4.54. The van der Waals surface area contributed by atoms with Crippen molar-refractivity contribution < 1.29 is 0 Å². The monoisotopic (exact) mass is 384 g/mol. The molecule has 0 aliphatic heterocycles. The van der Waals surface area contributed by atoms with Gasteiger partial charge in [0.25, 0.3) is 0 Å². The molecule has 4 nitrogen and oxygen atoms in total. The number of anilines is 2. The van der Waals surface area contributed by atoms with Gasteiger partial charge in [0, 0.05) is 22.5 Å². The van der Waals surface area contributed by atoms with Crippen molar-refractivity contribution in [2.24, 2.45) is 0 Å². The quantitative estimate of drug-likeness (QED) is 0.588. The first-order valence-corrected chi connectivity index (χ1v) is 9.28. The Hall–Kier alpha value is -2.37. The third kappa shape index (κ3) is 4.84. The van der Waals surface area contributed by atoms with Gasteiger partial charge in [-0.1, -0.05) is 42.8 Å². The number of hydrogen-bond donors (Lipinski definition) is 2. The van der Waals surface area contributed by atoms with Crippen LogP contribution in [0.3, 0.4) is 0 Å². The molecule has 0 saturated carbocycles. The predicted molar refractivity (Wildman–Crippen MR) is 113 cm³/mol. The minimum atomic E-state index is 0.519. The Morgan fingerprint density at radius 2 is 1.69 bits per heavy atom. The molecule has 134 valence electrons. The van der Waals surface area contributed by atoms with Crippen molar-refractivity contribution in [3.05, 3.63) is 76.4 Å². The summed E-state index contributed by atoms with van der Waals surface area (Å²) in [6.45, 7) is 4.84. The van der Waals surface area contributed by atoms with E-state index < -0.39 is 0 Å². The molecule has 26 heavy (non-hydrogen) atoms. The molecule has 0 fully saturated rings. The standard InChI is InChI=1S/C20H21ClN4S/c1-3-15-6-10-18(11-7-15)22-20(26)23-19-12-14(2)25(24-19)13-16-4-8-17(21)9-5-16/h4-12H,3,13H2,1-2H3,(H2,22,23,24,26). The fourth-order valence-corrected chi connectivity index (χ4v) is 2.94. The number of thiocarbonyl (C=S) groups is 1. The maximum Gasteiger partial charge on any atom is 0.176 e. The number of aryl methyl sites for hydroxylation is 2. The molecule has 0 aliphatic rings. The first kappa shape index (κ1) is 18.4. The zero-order valence-corrected chi connectivity index (χ0v) is 16.4. The molecule has 2 aromatic carbocycles. The third-order valence-electron chi connectivity index (χ3n) is 4.09. The molecule has 3 rings (SSSR count). The van der Waals surface area contributed by atoms with E-state index in [9.17, 15) is 0 Å². The average Bonchev–Trinajstić information content (AvgIpc) is 2.96. The topological polar surface area (TPSA) is 41.9 Å². The van der Waals surface area contributed by atoms with Gasteiger partial charge in [-0.3, -0.25) is 4.68 Å². The summed E-state index contributed by atoms with van der Waals surface area (Å²) in [6, 6.07) is 18.0. The normalized spacial score (nSPS) is 10.6. The Bertz CT molecular complexity index is 885. The Kier molecular flexibility index (Phi) is 5.91. The van der Waals surface area contributed by atoms with E-state index in [1.807, 2.05) is 54.1 Å². The highest BCUT2D eigenvalue weighted by molar-refractivity contribution is 7.80. The highest BCUT2D eigenvalue weighted by Gasteiger charge is 2.07. The van der Waals surface area contributed by atoms with Gasteiger partial charge in [-0.05, 0) is 61.0 Å². The van der Waals surface area contributed by atoms with Crippen LogP contribution in [0.1, 0.15) is 23.7 Å². The molecule has 0 saturated heterocycles. The fourth-order valence-electron chi connectivity index (χ4n) is 2.60. The summed E-state index contributed by atoms with van der Waals surface area (Å²) >= 11 is 11.3.